The highest BCUT2D eigenvalue weighted by Crippen LogP contribution is 2.31. The maximum Gasteiger partial charge on any atom is 0.229 e. The van der Waals surface area contributed by atoms with Crippen molar-refractivity contribution in [1.29, 1.82) is 5.26 Å². The lowest BCUT2D eigenvalue weighted by Gasteiger charge is -2.46. The number of nitrogens with one attached hydrogen (secondary N) is 3. The van der Waals surface area contributed by atoms with Gasteiger partial charge in [-0.3, -0.25) is 0 Å². The molecule has 0 unspecified atom stereocenters. The van der Waals surface area contributed by atoms with Gasteiger partial charge in [-0.15, -0.1) is 0 Å². The van der Waals surface area contributed by atoms with Crippen LogP contribution in [0.5, 0.6) is 0 Å². The van der Waals surface area contributed by atoms with Gasteiger partial charge in [0.05, 0.1) is 17.8 Å². The number of piperidine rings is 1. The molecule has 3 heterocycles. The smallest absolute Gasteiger partial charge is 0.229 e. The largest absolute Gasteiger partial charge is 0.365 e. The summed E-state index contributed by atoms with van der Waals surface area (Å²) in [4.78, 5) is 14.8. The minimum atomic E-state index is -0.503. The third kappa shape index (κ3) is 5.89. The van der Waals surface area contributed by atoms with Crippen LogP contribution in [-0.2, 0) is 0 Å². The van der Waals surface area contributed by atoms with E-state index in [0.717, 1.165) is 36.0 Å². The van der Waals surface area contributed by atoms with Gasteiger partial charge in [-0.25, -0.2) is 14.4 Å². The molecule has 1 aliphatic rings. The number of nitrogens with zero attached hydrogens (tertiary/aromatic N) is 5. The Balaban J connectivity index is 1.53. The molecule has 1 saturated heterocycles. The lowest BCUT2D eigenvalue weighted by molar-refractivity contribution is 0.170. The second kappa shape index (κ2) is 9.70. The molecule has 0 radical (unpaired) electrons. The zero-order chi connectivity index (χ0) is 26.1. The first-order chi connectivity index (χ1) is 16.9. The summed E-state index contributed by atoms with van der Waals surface area (Å²) >= 11 is 0. The fourth-order valence-electron chi connectivity index (χ4n) is 5.05. The van der Waals surface area contributed by atoms with E-state index in [1.807, 2.05) is 43.3 Å². The first-order valence-electron chi connectivity index (χ1n) is 12.0. The van der Waals surface area contributed by atoms with Gasteiger partial charge in [0.25, 0.3) is 0 Å². The molecule has 2 aromatic heterocycles. The highest BCUT2D eigenvalue weighted by atomic mass is 19.1. The van der Waals surface area contributed by atoms with Gasteiger partial charge < -0.3 is 20.9 Å². The third-order valence-electron chi connectivity index (χ3n) is 6.19. The molecule has 8 nitrogen and oxygen atoms in total. The first kappa shape index (κ1) is 25.3. The zero-order valence-corrected chi connectivity index (χ0v) is 21.6. The van der Waals surface area contributed by atoms with E-state index >= 15 is 0 Å². The maximum absolute atomic E-state index is 14.6. The summed E-state index contributed by atoms with van der Waals surface area (Å²) in [6.45, 7) is 8.59. The molecule has 0 saturated carbocycles. The predicted octanol–water partition coefficient (Wildman–Crippen LogP) is 5.08. The van der Waals surface area contributed by atoms with Crippen LogP contribution in [0.3, 0.4) is 0 Å². The molecule has 188 valence electrons. The molecule has 9 heteroatoms. The summed E-state index contributed by atoms with van der Waals surface area (Å²) < 4.78 is 14.6. The van der Waals surface area contributed by atoms with E-state index in [1.165, 1.54) is 0 Å². The Bertz CT molecular complexity index is 1260. The topological polar surface area (TPSA) is 102 Å². The van der Waals surface area contributed by atoms with Crippen molar-refractivity contribution < 1.29 is 4.39 Å². The Kier molecular flexibility index (Phi) is 6.83. The normalized spacial score (nSPS) is 16.7. The van der Waals surface area contributed by atoms with Crippen molar-refractivity contribution >= 4 is 23.3 Å². The Morgan fingerprint density at radius 3 is 2.39 bits per heavy atom. The van der Waals surface area contributed by atoms with Crippen molar-refractivity contribution in [2.45, 2.75) is 57.7 Å². The van der Waals surface area contributed by atoms with Crippen molar-refractivity contribution in [2.24, 2.45) is 0 Å². The molecule has 0 spiro atoms. The van der Waals surface area contributed by atoms with Gasteiger partial charge in [-0.05, 0) is 64.8 Å². The van der Waals surface area contributed by atoms with E-state index < -0.39 is 5.82 Å². The Labute approximate surface area is 212 Å². The number of rotatable bonds is 6. The first-order valence-corrected chi connectivity index (χ1v) is 12.0. The van der Waals surface area contributed by atoms with Gasteiger partial charge in [0, 0.05) is 54.2 Å². The number of halogens is 1. The number of aromatic nitrogens is 3. The zero-order valence-electron chi connectivity index (χ0n) is 21.6. The monoisotopic (exact) mass is 488 g/mol. The predicted molar refractivity (Wildman–Crippen MR) is 142 cm³/mol. The van der Waals surface area contributed by atoms with Crippen molar-refractivity contribution in [1.82, 2.24) is 20.3 Å². The van der Waals surface area contributed by atoms with Gasteiger partial charge in [-0.2, -0.15) is 10.2 Å². The van der Waals surface area contributed by atoms with Crippen molar-refractivity contribution in [3.05, 3.63) is 54.1 Å². The van der Waals surface area contributed by atoms with E-state index in [-0.39, 0.29) is 28.9 Å². The summed E-state index contributed by atoms with van der Waals surface area (Å²) in [5.74, 6) is 0.747. The highest BCUT2D eigenvalue weighted by Gasteiger charge is 2.38. The van der Waals surface area contributed by atoms with Crippen molar-refractivity contribution in [3.8, 4) is 17.2 Å². The standard InChI is InChI=1S/C27H33FN8/c1-26(2)12-20(13-27(3,4)35-26)32-24-22(28)16-31-25(34-24)33-19-8-9-21(18(11-19)14-29)17-7-10-23(30-15-17)36(5)6/h7-11,15-16,20,35H,12-13H2,1-6H3,(H2,31,32,33,34). The van der Waals surface area contributed by atoms with Crippen LogP contribution in [0.4, 0.5) is 27.7 Å². The van der Waals surface area contributed by atoms with Gasteiger partial charge in [0.15, 0.2) is 11.6 Å². The Morgan fingerprint density at radius 2 is 1.78 bits per heavy atom. The average Bonchev–Trinajstić information content (AvgIpc) is 2.79. The van der Waals surface area contributed by atoms with Gasteiger partial charge in [0.1, 0.15) is 5.82 Å². The third-order valence-corrected chi connectivity index (χ3v) is 6.19. The molecule has 0 amide bonds. The van der Waals surface area contributed by atoms with Crippen LogP contribution in [0.25, 0.3) is 11.1 Å². The molecular formula is C27H33FN8. The van der Waals surface area contributed by atoms with Crippen LogP contribution in [0.2, 0.25) is 0 Å². The van der Waals surface area contributed by atoms with Crippen molar-refractivity contribution in [2.75, 3.05) is 29.6 Å². The number of benzene rings is 1. The molecule has 0 aliphatic carbocycles. The molecule has 1 aliphatic heterocycles. The van der Waals surface area contributed by atoms with E-state index in [2.05, 4.69) is 64.7 Å². The van der Waals surface area contributed by atoms with Crippen LogP contribution in [-0.4, -0.2) is 46.2 Å². The van der Waals surface area contributed by atoms with E-state index in [0.29, 0.717) is 11.3 Å². The molecule has 1 fully saturated rings. The minimum Gasteiger partial charge on any atom is -0.365 e. The summed E-state index contributed by atoms with van der Waals surface area (Å²) in [6.07, 6.45) is 4.58. The number of anilines is 4. The highest BCUT2D eigenvalue weighted by molar-refractivity contribution is 5.74. The molecule has 4 rings (SSSR count). The molecule has 36 heavy (non-hydrogen) atoms. The second-order valence-corrected chi connectivity index (χ2v) is 10.8. The second-order valence-electron chi connectivity index (χ2n) is 10.8. The Hall–Kier alpha value is -3.77. The van der Waals surface area contributed by atoms with Crippen LogP contribution < -0.4 is 20.9 Å². The fraction of sp³-hybridized carbons (Fsp3) is 0.407. The van der Waals surface area contributed by atoms with Gasteiger partial charge in [0.2, 0.25) is 5.95 Å². The lowest BCUT2D eigenvalue weighted by atomic mass is 9.79. The van der Waals surface area contributed by atoms with Gasteiger partial charge in [-0.1, -0.05) is 6.07 Å². The van der Waals surface area contributed by atoms with E-state index in [1.54, 1.807) is 12.3 Å². The number of hydrogen-bond donors (Lipinski definition) is 3. The van der Waals surface area contributed by atoms with Crippen molar-refractivity contribution in [3.63, 3.8) is 0 Å². The molecule has 3 aromatic rings. The lowest BCUT2D eigenvalue weighted by Crippen LogP contribution is -2.60. The molecule has 0 bridgehead atoms. The van der Waals surface area contributed by atoms with E-state index in [9.17, 15) is 9.65 Å². The summed E-state index contributed by atoms with van der Waals surface area (Å²) in [5, 5.41) is 19.8. The molecule has 3 N–H and O–H groups in total. The maximum atomic E-state index is 14.6. The molecule has 0 atom stereocenters. The summed E-state index contributed by atoms with van der Waals surface area (Å²) in [5.41, 5.74) is 2.58. The minimum absolute atomic E-state index is 0.0606. The molecular weight excluding hydrogens is 455 g/mol. The average molecular weight is 489 g/mol. The van der Waals surface area contributed by atoms with Gasteiger partial charge >= 0.3 is 0 Å². The van der Waals surface area contributed by atoms with Crippen LogP contribution in [0.1, 0.15) is 46.1 Å². The van der Waals surface area contributed by atoms with Crippen LogP contribution in [0.15, 0.2) is 42.7 Å². The summed E-state index contributed by atoms with van der Waals surface area (Å²) in [6, 6.07) is 11.6. The number of pyridine rings is 1. The molecule has 1 aromatic carbocycles. The fourth-order valence-corrected chi connectivity index (χ4v) is 5.05. The van der Waals surface area contributed by atoms with E-state index in [4.69, 9.17) is 0 Å². The SMILES string of the molecule is CN(C)c1ccc(-c2ccc(Nc3ncc(F)c(NC4CC(C)(C)NC(C)(C)C4)n3)cc2C#N)cn1. The number of hydrogen-bond acceptors (Lipinski definition) is 8. The quantitative estimate of drug-likeness (QED) is 0.442. The van der Waals surface area contributed by atoms with Crippen LogP contribution in [0, 0.1) is 17.1 Å². The van der Waals surface area contributed by atoms with Crippen LogP contribution >= 0.6 is 0 Å². The summed E-state index contributed by atoms with van der Waals surface area (Å²) in [7, 11) is 3.85. The number of nitriles is 1. The Morgan fingerprint density at radius 1 is 1.06 bits per heavy atom.